The van der Waals surface area contributed by atoms with Gasteiger partial charge in [0.15, 0.2) is 0 Å². The van der Waals surface area contributed by atoms with Gasteiger partial charge in [0, 0.05) is 6.07 Å². The average molecular weight is 295 g/mol. The van der Waals surface area contributed by atoms with E-state index >= 15 is 0 Å². The SMILES string of the molecule is N#CCNCP(=O)(O)Oc1ccc(Cl)c(Cl)c1. The summed E-state index contributed by atoms with van der Waals surface area (Å²) in [6.07, 6.45) is -0.319. The summed E-state index contributed by atoms with van der Waals surface area (Å²) in [5.74, 6) is 0.143. The third kappa shape index (κ3) is 4.95. The minimum Gasteiger partial charge on any atom is -0.424 e. The van der Waals surface area contributed by atoms with Gasteiger partial charge in [0.2, 0.25) is 0 Å². The molecule has 0 saturated heterocycles. The van der Waals surface area contributed by atoms with E-state index in [-0.39, 0.29) is 23.6 Å². The van der Waals surface area contributed by atoms with Crippen LogP contribution in [0.3, 0.4) is 0 Å². The van der Waals surface area contributed by atoms with E-state index in [2.05, 4.69) is 5.32 Å². The Morgan fingerprint density at radius 1 is 1.47 bits per heavy atom. The summed E-state index contributed by atoms with van der Waals surface area (Å²) in [6, 6.07) is 6.02. The van der Waals surface area contributed by atoms with Crippen molar-refractivity contribution in [2.45, 2.75) is 0 Å². The molecule has 1 aromatic carbocycles. The van der Waals surface area contributed by atoms with Gasteiger partial charge in [0.25, 0.3) is 0 Å². The largest absolute Gasteiger partial charge is 0.424 e. The van der Waals surface area contributed by atoms with Crippen LogP contribution in [0.2, 0.25) is 10.0 Å². The molecule has 1 unspecified atom stereocenters. The van der Waals surface area contributed by atoms with Gasteiger partial charge in [0.1, 0.15) is 12.0 Å². The molecule has 0 aliphatic rings. The van der Waals surface area contributed by atoms with Crippen molar-refractivity contribution >= 4 is 30.8 Å². The molecule has 8 heteroatoms. The Balaban J connectivity index is 2.66. The fourth-order valence-corrected chi connectivity index (χ4v) is 2.17. The summed E-state index contributed by atoms with van der Waals surface area (Å²) >= 11 is 11.4. The molecular weight excluding hydrogens is 286 g/mol. The van der Waals surface area contributed by atoms with E-state index in [0.717, 1.165) is 0 Å². The summed E-state index contributed by atoms with van der Waals surface area (Å²) in [4.78, 5) is 9.44. The summed E-state index contributed by atoms with van der Waals surface area (Å²) in [5, 5.41) is 11.3. The Labute approximate surface area is 108 Å². The molecule has 0 radical (unpaired) electrons. The van der Waals surface area contributed by atoms with Gasteiger partial charge in [-0.05, 0) is 12.1 Å². The predicted molar refractivity (Wildman–Crippen MR) is 65.4 cm³/mol. The zero-order valence-electron chi connectivity index (χ0n) is 8.56. The molecule has 0 aliphatic carbocycles. The quantitative estimate of drug-likeness (QED) is 0.495. The lowest BCUT2D eigenvalue weighted by Gasteiger charge is -2.13. The molecule has 0 bridgehead atoms. The van der Waals surface area contributed by atoms with Crippen LogP contribution >= 0.6 is 30.8 Å². The number of halogens is 2. The predicted octanol–water partition coefficient (Wildman–Crippen LogP) is 2.63. The number of rotatable bonds is 5. The normalized spacial score (nSPS) is 13.8. The van der Waals surface area contributed by atoms with E-state index in [1.54, 1.807) is 6.07 Å². The lowest BCUT2D eigenvalue weighted by Crippen LogP contribution is -2.17. The van der Waals surface area contributed by atoms with Gasteiger partial charge >= 0.3 is 7.60 Å². The Hall–Kier alpha value is -0.760. The van der Waals surface area contributed by atoms with Crippen molar-refractivity contribution in [2.24, 2.45) is 0 Å². The third-order valence-electron chi connectivity index (χ3n) is 1.65. The topological polar surface area (TPSA) is 82.4 Å². The molecule has 17 heavy (non-hydrogen) atoms. The van der Waals surface area contributed by atoms with Gasteiger partial charge in [-0.2, -0.15) is 5.26 Å². The second kappa shape index (κ2) is 6.25. The van der Waals surface area contributed by atoms with E-state index in [4.69, 9.17) is 33.0 Å². The van der Waals surface area contributed by atoms with E-state index in [9.17, 15) is 9.46 Å². The lowest BCUT2D eigenvalue weighted by atomic mass is 10.3. The van der Waals surface area contributed by atoms with E-state index in [1.807, 2.05) is 0 Å². The molecule has 0 spiro atoms. The zero-order chi connectivity index (χ0) is 12.9. The Morgan fingerprint density at radius 3 is 2.76 bits per heavy atom. The van der Waals surface area contributed by atoms with Crippen LogP contribution in [0.25, 0.3) is 0 Å². The first-order chi connectivity index (χ1) is 7.94. The summed E-state index contributed by atoms with van der Waals surface area (Å²) in [5.41, 5.74) is 0. The van der Waals surface area contributed by atoms with Crippen LogP contribution in [0.1, 0.15) is 0 Å². The summed E-state index contributed by atoms with van der Waals surface area (Å²) in [7, 11) is -3.84. The maximum absolute atomic E-state index is 11.5. The monoisotopic (exact) mass is 294 g/mol. The van der Waals surface area contributed by atoms with Crippen molar-refractivity contribution in [3.05, 3.63) is 28.2 Å². The maximum atomic E-state index is 11.5. The van der Waals surface area contributed by atoms with Crippen molar-refractivity contribution in [1.82, 2.24) is 5.32 Å². The Morgan fingerprint density at radius 2 is 2.18 bits per heavy atom. The number of nitrogens with one attached hydrogen (secondary N) is 1. The Kier molecular flexibility index (Phi) is 5.26. The van der Waals surface area contributed by atoms with Crippen LogP contribution in [0.15, 0.2) is 18.2 Å². The number of hydrogen-bond donors (Lipinski definition) is 2. The molecule has 1 aromatic rings. The molecule has 92 valence electrons. The van der Waals surface area contributed by atoms with E-state index in [1.165, 1.54) is 18.2 Å². The molecular formula is C9H9Cl2N2O3P. The molecule has 0 amide bonds. The van der Waals surface area contributed by atoms with Crippen LogP contribution in [0, 0.1) is 11.3 Å². The first kappa shape index (κ1) is 14.3. The minimum atomic E-state index is -3.84. The van der Waals surface area contributed by atoms with Crippen LogP contribution in [-0.2, 0) is 4.57 Å². The number of hydrogen-bond acceptors (Lipinski definition) is 4. The van der Waals surface area contributed by atoms with Crippen molar-refractivity contribution in [3.8, 4) is 11.8 Å². The molecule has 0 saturated carbocycles. The highest BCUT2D eigenvalue weighted by Crippen LogP contribution is 2.42. The molecule has 5 nitrogen and oxygen atoms in total. The molecule has 0 aromatic heterocycles. The number of nitrogens with zero attached hydrogens (tertiary/aromatic N) is 1. The first-order valence-electron chi connectivity index (χ1n) is 4.49. The van der Waals surface area contributed by atoms with Crippen LogP contribution in [-0.4, -0.2) is 17.7 Å². The molecule has 0 heterocycles. The number of benzene rings is 1. The molecule has 0 fully saturated rings. The van der Waals surface area contributed by atoms with Gasteiger partial charge in [0.05, 0.1) is 22.7 Å². The van der Waals surface area contributed by atoms with Crippen molar-refractivity contribution < 1.29 is 14.0 Å². The maximum Gasteiger partial charge on any atom is 0.390 e. The smallest absolute Gasteiger partial charge is 0.390 e. The van der Waals surface area contributed by atoms with Crippen LogP contribution in [0.5, 0.6) is 5.75 Å². The highest BCUT2D eigenvalue weighted by atomic mass is 35.5. The van der Waals surface area contributed by atoms with E-state index < -0.39 is 7.60 Å². The van der Waals surface area contributed by atoms with Crippen LogP contribution in [0.4, 0.5) is 0 Å². The highest BCUT2D eigenvalue weighted by molar-refractivity contribution is 7.53. The minimum absolute atomic E-state index is 0.0325. The van der Waals surface area contributed by atoms with Gasteiger partial charge in [-0.1, -0.05) is 23.2 Å². The summed E-state index contributed by atoms with van der Waals surface area (Å²) < 4.78 is 16.4. The van der Waals surface area contributed by atoms with Crippen molar-refractivity contribution in [1.29, 1.82) is 5.26 Å². The second-order valence-electron chi connectivity index (χ2n) is 3.05. The molecule has 1 rings (SSSR count). The molecule has 1 atom stereocenters. The standard InChI is InChI=1S/C9H9Cl2N2O3P/c10-8-2-1-7(5-9(8)11)16-17(14,15)6-13-4-3-12/h1-2,5,13H,4,6H2,(H,14,15). The van der Waals surface area contributed by atoms with Gasteiger partial charge in [-0.25, -0.2) is 4.57 Å². The fraction of sp³-hybridized carbons (Fsp3) is 0.222. The molecule has 2 N–H and O–H groups in total. The fourth-order valence-electron chi connectivity index (χ4n) is 0.984. The van der Waals surface area contributed by atoms with E-state index in [0.29, 0.717) is 5.02 Å². The van der Waals surface area contributed by atoms with Crippen molar-refractivity contribution in [2.75, 3.05) is 12.8 Å². The lowest BCUT2D eigenvalue weighted by molar-refractivity contribution is 0.376. The van der Waals surface area contributed by atoms with Crippen LogP contribution < -0.4 is 9.84 Å². The Bertz CT molecular complexity index is 490. The van der Waals surface area contributed by atoms with Gasteiger partial charge < -0.3 is 9.42 Å². The number of nitriles is 1. The zero-order valence-corrected chi connectivity index (χ0v) is 11.0. The summed E-state index contributed by atoms with van der Waals surface area (Å²) in [6.45, 7) is -0.0325. The average Bonchev–Trinajstić information content (AvgIpc) is 2.23. The van der Waals surface area contributed by atoms with Gasteiger partial charge in [-0.15, -0.1) is 0 Å². The second-order valence-corrected chi connectivity index (χ2v) is 5.64. The van der Waals surface area contributed by atoms with Gasteiger partial charge in [-0.3, -0.25) is 5.32 Å². The molecule has 0 aliphatic heterocycles. The highest BCUT2D eigenvalue weighted by Gasteiger charge is 2.20. The first-order valence-corrected chi connectivity index (χ1v) is 7.00. The third-order valence-corrected chi connectivity index (χ3v) is 3.51. The van der Waals surface area contributed by atoms with Crippen molar-refractivity contribution in [3.63, 3.8) is 0 Å².